The van der Waals surface area contributed by atoms with Gasteiger partial charge >= 0.3 is 5.97 Å². The SMILES string of the molecule is O=C(O)c1cnn(C2CCN(C(=O)Cc3cccc(Br)c3)CC2)c1. The van der Waals surface area contributed by atoms with Crippen LogP contribution >= 0.6 is 15.9 Å². The molecular formula is C17H18BrN3O3. The van der Waals surface area contributed by atoms with Crippen LogP contribution in [-0.2, 0) is 11.2 Å². The molecule has 6 nitrogen and oxygen atoms in total. The minimum absolute atomic E-state index is 0.123. The van der Waals surface area contributed by atoms with Crippen LogP contribution in [0.2, 0.25) is 0 Å². The van der Waals surface area contributed by atoms with Crippen molar-refractivity contribution in [2.45, 2.75) is 25.3 Å². The fraction of sp³-hybridized carbons (Fsp3) is 0.353. The molecule has 2 heterocycles. The Morgan fingerprint density at radius 2 is 2.04 bits per heavy atom. The maximum absolute atomic E-state index is 12.4. The van der Waals surface area contributed by atoms with Gasteiger partial charge in [0.1, 0.15) is 0 Å². The van der Waals surface area contributed by atoms with Crippen LogP contribution in [0.15, 0.2) is 41.1 Å². The van der Waals surface area contributed by atoms with Gasteiger partial charge in [-0.25, -0.2) is 4.79 Å². The van der Waals surface area contributed by atoms with Crippen LogP contribution < -0.4 is 0 Å². The smallest absolute Gasteiger partial charge is 0.338 e. The predicted molar refractivity (Wildman–Crippen MR) is 91.9 cm³/mol. The third kappa shape index (κ3) is 3.84. The van der Waals surface area contributed by atoms with Gasteiger partial charge in [-0.05, 0) is 30.5 Å². The molecule has 0 unspecified atom stereocenters. The Labute approximate surface area is 148 Å². The summed E-state index contributed by atoms with van der Waals surface area (Å²) in [5, 5.41) is 13.1. The lowest BCUT2D eigenvalue weighted by Gasteiger charge is -2.32. The van der Waals surface area contributed by atoms with Gasteiger partial charge in [-0.2, -0.15) is 5.10 Å². The lowest BCUT2D eigenvalue weighted by molar-refractivity contribution is -0.131. The number of hydrogen-bond acceptors (Lipinski definition) is 3. The van der Waals surface area contributed by atoms with E-state index in [1.165, 1.54) is 6.20 Å². The number of amides is 1. The molecule has 7 heteroatoms. The van der Waals surface area contributed by atoms with Gasteiger partial charge in [-0.3, -0.25) is 9.48 Å². The highest BCUT2D eigenvalue weighted by atomic mass is 79.9. The molecule has 0 saturated carbocycles. The molecule has 1 saturated heterocycles. The number of benzene rings is 1. The predicted octanol–water partition coefficient (Wildman–Crippen LogP) is 2.75. The topological polar surface area (TPSA) is 75.4 Å². The van der Waals surface area contributed by atoms with Crippen LogP contribution in [0, 0.1) is 0 Å². The van der Waals surface area contributed by atoms with Gasteiger partial charge in [-0.15, -0.1) is 0 Å². The highest BCUT2D eigenvalue weighted by Gasteiger charge is 2.24. The van der Waals surface area contributed by atoms with Crippen molar-refractivity contribution in [3.8, 4) is 0 Å². The van der Waals surface area contributed by atoms with Gasteiger partial charge in [0.25, 0.3) is 0 Å². The van der Waals surface area contributed by atoms with Gasteiger partial charge in [-0.1, -0.05) is 28.1 Å². The van der Waals surface area contributed by atoms with Crippen molar-refractivity contribution in [2.24, 2.45) is 0 Å². The number of likely N-dealkylation sites (tertiary alicyclic amines) is 1. The third-order valence-corrected chi connectivity index (χ3v) is 4.78. The fourth-order valence-electron chi connectivity index (χ4n) is 2.96. The molecule has 0 aliphatic carbocycles. The number of halogens is 1. The number of carboxylic acids is 1. The molecule has 0 spiro atoms. The first kappa shape index (κ1) is 16.7. The quantitative estimate of drug-likeness (QED) is 0.869. The van der Waals surface area contributed by atoms with E-state index in [4.69, 9.17) is 5.11 Å². The molecule has 24 heavy (non-hydrogen) atoms. The third-order valence-electron chi connectivity index (χ3n) is 4.28. The van der Waals surface area contributed by atoms with Crippen LogP contribution in [0.3, 0.4) is 0 Å². The van der Waals surface area contributed by atoms with Crippen molar-refractivity contribution in [1.82, 2.24) is 14.7 Å². The molecule has 1 amide bonds. The molecule has 0 atom stereocenters. The van der Waals surface area contributed by atoms with E-state index in [2.05, 4.69) is 21.0 Å². The van der Waals surface area contributed by atoms with E-state index in [9.17, 15) is 9.59 Å². The minimum Gasteiger partial charge on any atom is -0.478 e. The van der Waals surface area contributed by atoms with Crippen molar-refractivity contribution in [1.29, 1.82) is 0 Å². The van der Waals surface area contributed by atoms with Crippen LogP contribution in [0.5, 0.6) is 0 Å². The van der Waals surface area contributed by atoms with Crippen LogP contribution in [-0.4, -0.2) is 44.8 Å². The zero-order chi connectivity index (χ0) is 17.1. The van der Waals surface area contributed by atoms with E-state index >= 15 is 0 Å². The zero-order valence-corrected chi connectivity index (χ0v) is 14.6. The van der Waals surface area contributed by atoms with Gasteiger partial charge in [0.05, 0.1) is 24.2 Å². The van der Waals surface area contributed by atoms with E-state index in [-0.39, 0.29) is 17.5 Å². The Morgan fingerprint density at radius 1 is 1.29 bits per heavy atom. The molecule has 1 N–H and O–H groups in total. The van der Waals surface area contributed by atoms with E-state index in [1.807, 2.05) is 29.2 Å². The molecule has 1 fully saturated rings. The number of aromatic carboxylic acids is 1. The summed E-state index contributed by atoms with van der Waals surface area (Å²) in [7, 11) is 0. The zero-order valence-electron chi connectivity index (χ0n) is 13.1. The number of hydrogen-bond donors (Lipinski definition) is 1. The van der Waals surface area contributed by atoms with Gasteiger partial charge in [0, 0.05) is 23.8 Å². The maximum atomic E-state index is 12.4. The molecule has 0 bridgehead atoms. The number of carbonyl (C=O) groups is 2. The number of carbonyl (C=O) groups excluding carboxylic acids is 1. The Bertz CT molecular complexity index is 751. The molecule has 1 aliphatic heterocycles. The number of piperidine rings is 1. The van der Waals surface area contributed by atoms with E-state index in [1.54, 1.807) is 10.9 Å². The normalized spacial score (nSPS) is 15.5. The summed E-state index contributed by atoms with van der Waals surface area (Å²) >= 11 is 3.42. The fourth-order valence-corrected chi connectivity index (χ4v) is 3.41. The molecule has 1 aromatic heterocycles. The van der Waals surface area contributed by atoms with Crippen molar-refractivity contribution >= 4 is 27.8 Å². The Kier molecular flexibility index (Phi) is 4.99. The maximum Gasteiger partial charge on any atom is 0.338 e. The minimum atomic E-state index is -0.970. The number of aromatic nitrogens is 2. The number of carboxylic acid groups (broad SMARTS) is 1. The molecule has 1 aromatic carbocycles. The first-order valence-corrected chi connectivity index (χ1v) is 8.62. The Morgan fingerprint density at radius 3 is 2.67 bits per heavy atom. The molecule has 0 radical (unpaired) electrons. The van der Waals surface area contributed by atoms with Crippen LogP contribution in [0.25, 0.3) is 0 Å². The van der Waals surface area contributed by atoms with E-state index < -0.39 is 5.97 Å². The summed E-state index contributed by atoms with van der Waals surface area (Å²) < 4.78 is 2.68. The first-order valence-electron chi connectivity index (χ1n) is 7.82. The first-order chi connectivity index (χ1) is 11.5. The lowest BCUT2D eigenvalue weighted by atomic mass is 10.0. The summed E-state index contributed by atoms with van der Waals surface area (Å²) in [4.78, 5) is 25.2. The van der Waals surface area contributed by atoms with Crippen molar-refractivity contribution in [3.05, 3.63) is 52.3 Å². The van der Waals surface area contributed by atoms with Gasteiger partial charge in [0.15, 0.2) is 0 Å². The van der Waals surface area contributed by atoms with Crippen molar-refractivity contribution in [3.63, 3.8) is 0 Å². The molecule has 2 aromatic rings. The Hall–Kier alpha value is -2.15. The molecular weight excluding hydrogens is 374 g/mol. The molecule has 126 valence electrons. The number of nitrogens with zero attached hydrogens (tertiary/aromatic N) is 3. The molecule has 1 aliphatic rings. The number of rotatable bonds is 4. The summed E-state index contributed by atoms with van der Waals surface area (Å²) in [6.45, 7) is 1.33. The van der Waals surface area contributed by atoms with Gasteiger partial charge < -0.3 is 10.0 Å². The summed E-state index contributed by atoms with van der Waals surface area (Å²) in [5.74, 6) is -0.846. The van der Waals surface area contributed by atoms with E-state index in [0.29, 0.717) is 19.5 Å². The monoisotopic (exact) mass is 391 g/mol. The summed E-state index contributed by atoms with van der Waals surface area (Å²) in [6, 6.07) is 7.92. The standard InChI is InChI=1S/C17H18BrN3O3/c18-14-3-1-2-12(8-14)9-16(22)20-6-4-15(5-7-20)21-11-13(10-19-21)17(23)24/h1-3,8,10-11,15H,4-7,9H2,(H,23,24). The van der Waals surface area contributed by atoms with Crippen molar-refractivity contribution in [2.75, 3.05) is 13.1 Å². The Balaban J connectivity index is 1.56. The van der Waals surface area contributed by atoms with E-state index in [0.717, 1.165) is 22.9 Å². The summed E-state index contributed by atoms with van der Waals surface area (Å²) in [6.07, 6.45) is 4.89. The van der Waals surface area contributed by atoms with Gasteiger partial charge in [0.2, 0.25) is 5.91 Å². The van der Waals surface area contributed by atoms with Crippen LogP contribution in [0.1, 0.15) is 34.8 Å². The summed E-state index contributed by atoms with van der Waals surface area (Å²) in [5.41, 5.74) is 1.19. The average molecular weight is 392 g/mol. The highest BCUT2D eigenvalue weighted by molar-refractivity contribution is 9.10. The second-order valence-corrected chi connectivity index (χ2v) is 6.85. The largest absolute Gasteiger partial charge is 0.478 e. The molecule has 3 rings (SSSR count). The van der Waals surface area contributed by atoms with Crippen molar-refractivity contribution < 1.29 is 14.7 Å². The van der Waals surface area contributed by atoms with Crippen LogP contribution in [0.4, 0.5) is 0 Å². The second kappa shape index (κ2) is 7.17. The second-order valence-electron chi connectivity index (χ2n) is 5.93. The highest BCUT2D eigenvalue weighted by Crippen LogP contribution is 2.23. The average Bonchev–Trinajstić information content (AvgIpc) is 3.05. The lowest BCUT2D eigenvalue weighted by Crippen LogP contribution is -2.40.